The Morgan fingerprint density at radius 3 is 1.53 bits per heavy atom. The summed E-state index contributed by atoms with van der Waals surface area (Å²) in [5.41, 5.74) is 12.2. The zero-order valence-corrected chi connectivity index (χ0v) is 8.30. The smallest absolute Gasteiger partial charge is 0.115 e. The van der Waals surface area contributed by atoms with Crippen molar-refractivity contribution in [2.45, 2.75) is 0 Å². The van der Waals surface area contributed by atoms with Gasteiger partial charge in [0.05, 0.1) is 0 Å². The third-order valence-corrected chi connectivity index (χ3v) is 1.67. The zero-order chi connectivity index (χ0) is 11.1. The number of hydrogen-bond acceptors (Lipinski definition) is 3. The van der Waals surface area contributed by atoms with Crippen molar-refractivity contribution in [1.82, 2.24) is 0 Å². The lowest BCUT2D eigenvalue weighted by molar-refractivity contribution is 0.475. The molecule has 0 atom stereocenters. The van der Waals surface area contributed by atoms with E-state index in [1.165, 1.54) is 0 Å². The van der Waals surface area contributed by atoms with Crippen molar-refractivity contribution >= 4 is 11.4 Å². The number of benzene rings is 2. The maximum Gasteiger partial charge on any atom is 0.115 e. The van der Waals surface area contributed by atoms with Crippen molar-refractivity contribution < 1.29 is 5.11 Å². The largest absolute Gasteiger partial charge is 0.508 e. The molecule has 0 aliphatic heterocycles. The topological polar surface area (TPSA) is 72.3 Å². The number of anilines is 2. The van der Waals surface area contributed by atoms with Gasteiger partial charge in [0.25, 0.3) is 0 Å². The van der Waals surface area contributed by atoms with E-state index in [2.05, 4.69) is 0 Å². The molecule has 0 aromatic heterocycles. The van der Waals surface area contributed by atoms with E-state index < -0.39 is 0 Å². The van der Waals surface area contributed by atoms with Crippen molar-refractivity contribution in [3.63, 3.8) is 0 Å². The highest BCUT2D eigenvalue weighted by Crippen LogP contribution is 2.06. The van der Waals surface area contributed by atoms with Crippen LogP contribution in [-0.2, 0) is 0 Å². The molecule has 2 aromatic rings. The molecule has 0 aliphatic carbocycles. The van der Waals surface area contributed by atoms with Crippen molar-refractivity contribution in [3.05, 3.63) is 54.6 Å². The highest BCUT2D eigenvalue weighted by molar-refractivity contribution is 5.50. The maximum atomic E-state index is 8.63. The number of phenolic OH excluding ortho intramolecular Hbond substituents is 1. The second-order valence-corrected chi connectivity index (χ2v) is 3.01. The normalized spacial score (nSPS) is 8.80. The Kier molecular flexibility index (Phi) is 4.04. The van der Waals surface area contributed by atoms with Gasteiger partial charge in [-0.25, -0.2) is 0 Å². The summed E-state index contributed by atoms with van der Waals surface area (Å²) in [4.78, 5) is 0. The lowest BCUT2D eigenvalue weighted by Crippen LogP contribution is -1.87. The molecule has 15 heavy (non-hydrogen) atoms. The molecule has 0 bridgehead atoms. The molecule has 0 saturated carbocycles. The van der Waals surface area contributed by atoms with Gasteiger partial charge in [-0.15, -0.1) is 0 Å². The first-order chi connectivity index (χ1) is 7.18. The molecule has 3 heteroatoms. The van der Waals surface area contributed by atoms with Crippen molar-refractivity contribution in [3.8, 4) is 5.75 Å². The van der Waals surface area contributed by atoms with Gasteiger partial charge in [0.1, 0.15) is 5.75 Å². The molecule has 2 rings (SSSR count). The second kappa shape index (κ2) is 5.54. The summed E-state index contributed by atoms with van der Waals surface area (Å²) < 4.78 is 0. The van der Waals surface area contributed by atoms with Crippen molar-refractivity contribution in [2.24, 2.45) is 0 Å². The van der Waals surface area contributed by atoms with E-state index in [1.807, 2.05) is 12.1 Å². The zero-order valence-electron chi connectivity index (χ0n) is 8.30. The van der Waals surface area contributed by atoms with Crippen molar-refractivity contribution in [1.29, 1.82) is 0 Å². The summed E-state index contributed by atoms with van der Waals surface area (Å²) in [6, 6.07) is 15.9. The van der Waals surface area contributed by atoms with E-state index in [9.17, 15) is 0 Å². The molecule has 2 aromatic carbocycles. The molecular weight excluding hydrogens is 188 g/mol. The number of aromatic hydroxyl groups is 1. The standard InChI is InChI=1S/C6H8N2.C6H6O/c7-5-2-1-3-6(8)4-5;7-6-4-2-1-3-5-6/h1-4H,7-8H2;1-5,7H. The average Bonchev–Trinajstić information content (AvgIpc) is 2.19. The number of phenols is 1. The summed E-state index contributed by atoms with van der Waals surface area (Å²) in [7, 11) is 0. The van der Waals surface area contributed by atoms with Gasteiger partial charge < -0.3 is 16.6 Å². The molecule has 0 radical (unpaired) electrons. The number of hydrogen-bond donors (Lipinski definition) is 3. The van der Waals surface area contributed by atoms with Gasteiger partial charge in [-0.1, -0.05) is 24.3 Å². The van der Waals surface area contributed by atoms with Gasteiger partial charge in [-0.3, -0.25) is 0 Å². The molecule has 3 nitrogen and oxygen atoms in total. The fourth-order valence-corrected chi connectivity index (χ4v) is 0.987. The first kappa shape index (κ1) is 10.9. The van der Waals surface area contributed by atoms with Crippen LogP contribution in [0.1, 0.15) is 0 Å². The Labute approximate surface area is 89.0 Å². The van der Waals surface area contributed by atoms with Crippen LogP contribution < -0.4 is 11.5 Å². The summed E-state index contributed by atoms with van der Waals surface area (Å²) in [6.07, 6.45) is 0. The van der Waals surface area contributed by atoms with Gasteiger partial charge in [-0.2, -0.15) is 0 Å². The number of nitrogen functional groups attached to an aromatic ring is 2. The molecule has 5 N–H and O–H groups in total. The van der Waals surface area contributed by atoms with Crippen LogP contribution in [0.5, 0.6) is 5.75 Å². The molecule has 0 fully saturated rings. The van der Waals surface area contributed by atoms with Gasteiger partial charge in [0.15, 0.2) is 0 Å². The molecule has 0 unspecified atom stereocenters. The highest BCUT2D eigenvalue weighted by atomic mass is 16.3. The summed E-state index contributed by atoms with van der Waals surface area (Å²) in [5.74, 6) is 0.322. The number of rotatable bonds is 0. The van der Waals surface area contributed by atoms with Gasteiger partial charge >= 0.3 is 0 Å². The van der Waals surface area contributed by atoms with E-state index in [0.29, 0.717) is 17.1 Å². The third kappa shape index (κ3) is 4.57. The second-order valence-electron chi connectivity index (χ2n) is 3.01. The molecule has 0 aliphatic rings. The highest BCUT2D eigenvalue weighted by Gasteiger charge is 1.81. The lowest BCUT2D eigenvalue weighted by Gasteiger charge is -1.91. The van der Waals surface area contributed by atoms with E-state index >= 15 is 0 Å². The lowest BCUT2D eigenvalue weighted by atomic mass is 10.3. The third-order valence-electron chi connectivity index (χ3n) is 1.67. The minimum atomic E-state index is 0.322. The summed E-state index contributed by atoms with van der Waals surface area (Å²) in [5, 5.41) is 8.63. The number of nitrogens with two attached hydrogens (primary N) is 2. The van der Waals surface area contributed by atoms with Crippen LogP contribution in [0.3, 0.4) is 0 Å². The Bertz CT molecular complexity index is 384. The maximum absolute atomic E-state index is 8.63. The Hall–Kier alpha value is -2.16. The predicted octanol–water partition coefficient (Wildman–Crippen LogP) is 2.24. The van der Waals surface area contributed by atoms with E-state index in [4.69, 9.17) is 16.6 Å². The fourth-order valence-electron chi connectivity index (χ4n) is 0.987. The monoisotopic (exact) mass is 202 g/mol. The fraction of sp³-hybridized carbons (Fsp3) is 0. The quantitative estimate of drug-likeness (QED) is 0.574. The summed E-state index contributed by atoms with van der Waals surface area (Å²) in [6.45, 7) is 0. The Morgan fingerprint density at radius 2 is 1.27 bits per heavy atom. The molecule has 78 valence electrons. The van der Waals surface area contributed by atoms with Crippen LogP contribution in [0.15, 0.2) is 54.6 Å². The van der Waals surface area contributed by atoms with Crippen LogP contribution in [0.4, 0.5) is 11.4 Å². The number of para-hydroxylation sites is 1. The van der Waals surface area contributed by atoms with Crippen LogP contribution >= 0.6 is 0 Å². The van der Waals surface area contributed by atoms with Gasteiger partial charge in [0.2, 0.25) is 0 Å². The van der Waals surface area contributed by atoms with Crippen LogP contribution in [0, 0.1) is 0 Å². The van der Waals surface area contributed by atoms with Crippen LogP contribution in [-0.4, -0.2) is 5.11 Å². The first-order valence-corrected chi connectivity index (χ1v) is 4.53. The molecule has 0 heterocycles. The van der Waals surface area contributed by atoms with Gasteiger partial charge in [-0.05, 0) is 30.3 Å². The molecular formula is C12H14N2O. The minimum Gasteiger partial charge on any atom is -0.508 e. The average molecular weight is 202 g/mol. The Balaban J connectivity index is 0.000000151. The Morgan fingerprint density at radius 1 is 0.733 bits per heavy atom. The molecule has 0 amide bonds. The molecule has 0 spiro atoms. The van der Waals surface area contributed by atoms with E-state index in [1.54, 1.807) is 42.5 Å². The molecule has 0 saturated heterocycles. The SMILES string of the molecule is Nc1cccc(N)c1.Oc1ccccc1. The van der Waals surface area contributed by atoms with Gasteiger partial charge in [0, 0.05) is 11.4 Å². The van der Waals surface area contributed by atoms with Crippen molar-refractivity contribution in [2.75, 3.05) is 11.5 Å². The van der Waals surface area contributed by atoms with Crippen LogP contribution in [0.25, 0.3) is 0 Å². The minimum absolute atomic E-state index is 0.322. The van der Waals surface area contributed by atoms with Crippen LogP contribution in [0.2, 0.25) is 0 Å². The van der Waals surface area contributed by atoms with E-state index in [0.717, 1.165) is 0 Å². The first-order valence-electron chi connectivity index (χ1n) is 4.53. The van der Waals surface area contributed by atoms with E-state index in [-0.39, 0.29) is 0 Å². The predicted molar refractivity (Wildman–Crippen MR) is 63.4 cm³/mol. The summed E-state index contributed by atoms with van der Waals surface area (Å²) >= 11 is 0.